The lowest BCUT2D eigenvalue weighted by Crippen LogP contribution is -2.36. The zero-order valence-electron chi connectivity index (χ0n) is 17.8. The summed E-state index contributed by atoms with van der Waals surface area (Å²) in [5.74, 6) is 1.98. The monoisotopic (exact) mass is 420 g/mol. The van der Waals surface area contributed by atoms with Crippen molar-refractivity contribution in [3.8, 4) is 17.2 Å². The van der Waals surface area contributed by atoms with E-state index in [-0.39, 0.29) is 18.5 Å². The lowest BCUT2D eigenvalue weighted by molar-refractivity contribution is -0.122. The number of likely N-dealkylation sites (N-methyl/N-ethyl adjacent to an activating group) is 1. The Hall–Kier alpha value is -2.44. The van der Waals surface area contributed by atoms with Gasteiger partial charge in [-0.2, -0.15) is 0 Å². The number of methoxy groups -OCH3 is 3. The normalized spacial score (nSPS) is 11.9. The molecule has 0 aliphatic carbocycles. The van der Waals surface area contributed by atoms with E-state index in [0.717, 1.165) is 22.4 Å². The number of hydrogen-bond acceptors (Lipinski definition) is 5. The van der Waals surface area contributed by atoms with Crippen LogP contribution in [0, 0.1) is 6.92 Å². The number of aryl methyl sites for hydroxylation is 1. The molecule has 1 N–H and O–H groups in total. The molecule has 0 aromatic heterocycles. The van der Waals surface area contributed by atoms with Crippen molar-refractivity contribution in [2.24, 2.45) is 0 Å². The Morgan fingerprint density at radius 1 is 1.07 bits per heavy atom. The Kier molecular flexibility index (Phi) is 8.17. The van der Waals surface area contributed by atoms with E-state index in [1.807, 2.05) is 50.1 Å². The zero-order valence-corrected chi connectivity index (χ0v) is 18.6. The third-order valence-corrected chi connectivity index (χ3v) is 4.95. The second-order valence-electron chi connectivity index (χ2n) is 6.98. The summed E-state index contributed by atoms with van der Waals surface area (Å²) in [6.07, 6.45) is 0. The Morgan fingerprint density at radius 2 is 1.69 bits per heavy atom. The van der Waals surface area contributed by atoms with Crippen molar-refractivity contribution < 1.29 is 19.0 Å². The third kappa shape index (κ3) is 6.02. The summed E-state index contributed by atoms with van der Waals surface area (Å²) in [6, 6.07) is 9.10. The van der Waals surface area contributed by atoms with E-state index in [1.165, 1.54) is 0 Å². The minimum Gasteiger partial charge on any atom is -0.496 e. The molecule has 2 aromatic rings. The van der Waals surface area contributed by atoms with Gasteiger partial charge in [-0.3, -0.25) is 9.69 Å². The van der Waals surface area contributed by atoms with Crippen LogP contribution in [0.2, 0.25) is 5.02 Å². The number of rotatable bonds is 9. The van der Waals surface area contributed by atoms with E-state index in [4.69, 9.17) is 25.8 Å². The first-order chi connectivity index (χ1) is 13.8. The van der Waals surface area contributed by atoms with E-state index in [2.05, 4.69) is 5.32 Å². The van der Waals surface area contributed by atoms with Crippen molar-refractivity contribution >= 4 is 17.5 Å². The smallest absolute Gasteiger partial charge is 0.234 e. The molecular weight excluding hydrogens is 392 g/mol. The molecule has 29 heavy (non-hydrogen) atoms. The van der Waals surface area contributed by atoms with Gasteiger partial charge in [0.25, 0.3) is 0 Å². The molecule has 0 heterocycles. The van der Waals surface area contributed by atoms with Gasteiger partial charge in [0.05, 0.1) is 33.9 Å². The van der Waals surface area contributed by atoms with E-state index >= 15 is 0 Å². The average Bonchev–Trinajstić information content (AvgIpc) is 2.67. The number of benzene rings is 2. The van der Waals surface area contributed by atoms with Crippen LogP contribution in [0.25, 0.3) is 0 Å². The number of carbonyl (C=O) groups is 1. The molecule has 7 heteroatoms. The Morgan fingerprint density at radius 3 is 2.31 bits per heavy atom. The van der Waals surface area contributed by atoms with Gasteiger partial charge >= 0.3 is 0 Å². The molecule has 0 spiro atoms. The summed E-state index contributed by atoms with van der Waals surface area (Å²) in [7, 11) is 6.70. The lowest BCUT2D eigenvalue weighted by atomic mass is 10.0. The summed E-state index contributed by atoms with van der Waals surface area (Å²) in [5.41, 5.74) is 2.93. The molecule has 6 nitrogen and oxygen atoms in total. The van der Waals surface area contributed by atoms with Gasteiger partial charge in [-0.05, 0) is 62.4 Å². The molecular formula is C22H29ClN2O4. The van der Waals surface area contributed by atoms with Gasteiger partial charge in [-0.15, -0.1) is 0 Å². The van der Waals surface area contributed by atoms with Crippen LogP contribution in [0.15, 0.2) is 30.3 Å². The van der Waals surface area contributed by atoms with Gasteiger partial charge in [0.15, 0.2) is 11.5 Å². The highest BCUT2D eigenvalue weighted by atomic mass is 35.5. The molecule has 1 unspecified atom stereocenters. The van der Waals surface area contributed by atoms with Crippen molar-refractivity contribution in [3.05, 3.63) is 52.0 Å². The molecule has 0 saturated carbocycles. The molecule has 0 fully saturated rings. The molecule has 158 valence electrons. The zero-order chi connectivity index (χ0) is 21.6. The topological polar surface area (TPSA) is 60.0 Å². The molecule has 2 rings (SSSR count). The molecule has 0 saturated heterocycles. The van der Waals surface area contributed by atoms with E-state index in [9.17, 15) is 4.79 Å². The average molecular weight is 421 g/mol. The summed E-state index contributed by atoms with van der Waals surface area (Å²) in [5, 5.41) is 3.68. The largest absolute Gasteiger partial charge is 0.496 e. The Labute approximate surface area is 177 Å². The highest BCUT2D eigenvalue weighted by Crippen LogP contribution is 2.32. The maximum Gasteiger partial charge on any atom is 0.234 e. The molecule has 1 atom stereocenters. The first-order valence-electron chi connectivity index (χ1n) is 9.31. The number of hydrogen-bond donors (Lipinski definition) is 1. The van der Waals surface area contributed by atoms with Crippen molar-refractivity contribution in [1.29, 1.82) is 0 Å². The highest BCUT2D eigenvalue weighted by molar-refractivity contribution is 6.30. The van der Waals surface area contributed by atoms with Crippen LogP contribution in [-0.4, -0.2) is 45.7 Å². The fourth-order valence-corrected chi connectivity index (χ4v) is 3.48. The summed E-state index contributed by atoms with van der Waals surface area (Å²) in [4.78, 5) is 14.5. The van der Waals surface area contributed by atoms with Gasteiger partial charge in [0.1, 0.15) is 5.75 Å². The van der Waals surface area contributed by atoms with E-state index in [0.29, 0.717) is 23.1 Å². The number of nitrogens with one attached hydrogen (secondary N) is 1. The minimum absolute atomic E-state index is 0.0739. The van der Waals surface area contributed by atoms with E-state index in [1.54, 1.807) is 27.4 Å². The third-order valence-electron chi connectivity index (χ3n) is 4.71. The van der Waals surface area contributed by atoms with Crippen LogP contribution in [0.5, 0.6) is 17.2 Å². The van der Waals surface area contributed by atoms with Crippen LogP contribution < -0.4 is 19.5 Å². The fraction of sp³-hybridized carbons (Fsp3) is 0.409. The number of nitrogens with zero attached hydrogens (tertiary/aromatic N) is 1. The fourth-order valence-electron chi connectivity index (χ4n) is 3.29. The van der Waals surface area contributed by atoms with Crippen molar-refractivity contribution in [1.82, 2.24) is 10.2 Å². The standard InChI is InChI=1S/C22H29ClN2O4/c1-14-9-20(28-5)21(29-6)11-18(14)15(2)24-22(26)13-25(3)12-16-10-17(23)7-8-19(16)27-4/h7-11,15H,12-13H2,1-6H3,(H,24,26). The predicted octanol–water partition coefficient (Wildman–Crippen LogP) is 3.98. The molecule has 0 aliphatic heterocycles. The molecule has 0 radical (unpaired) electrons. The number of halogens is 1. The predicted molar refractivity (Wildman–Crippen MR) is 115 cm³/mol. The molecule has 0 bridgehead atoms. The Bertz CT molecular complexity index is 857. The van der Waals surface area contributed by atoms with Gasteiger partial charge in [-0.1, -0.05) is 11.6 Å². The summed E-state index contributed by atoms with van der Waals surface area (Å²) >= 11 is 6.09. The van der Waals surface area contributed by atoms with Crippen molar-refractivity contribution in [3.63, 3.8) is 0 Å². The SMILES string of the molecule is COc1ccc(Cl)cc1CN(C)CC(=O)NC(C)c1cc(OC)c(OC)cc1C. The molecule has 0 aliphatic rings. The van der Waals surface area contributed by atoms with Crippen LogP contribution in [0.1, 0.15) is 29.7 Å². The van der Waals surface area contributed by atoms with Gasteiger partial charge < -0.3 is 19.5 Å². The van der Waals surface area contributed by atoms with E-state index < -0.39 is 0 Å². The van der Waals surface area contributed by atoms with Crippen molar-refractivity contribution in [2.45, 2.75) is 26.4 Å². The first-order valence-corrected chi connectivity index (χ1v) is 9.69. The molecule has 2 aromatic carbocycles. The maximum atomic E-state index is 12.6. The van der Waals surface area contributed by atoms with Crippen LogP contribution in [0.4, 0.5) is 0 Å². The van der Waals surface area contributed by atoms with Gasteiger partial charge in [0, 0.05) is 17.1 Å². The minimum atomic E-state index is -0.170. The number of amides is 1. The lowest BCUT2D eigenvalue weighted by Gasteiger charge is -2.22. The van der Waals surface area contributed by atoms with Gasteiger partial charge in [0.2, 0.25) is 5.91 Å². The molecule has 1 amide bonds. The van der Waals surface area contributed by atoms with Crippen LogP contribution >= 0.6 is 11.6 Å². The summed E-state index contributed by atoms with van der Waals surface area (Å²) < 4.78 is 16.1. The quantitative estimate of drug-likeness (QED) is 0.664. The summed E-state index contributed by atoms with van der Waals surface area (Å²) in [6.45, 7) is 4.72. The van der Waals surface area contributed by atoms with Crippen LogP contribution in [-0.2, 0) is 11.3 Å². The van der Waals surface area contributed by atoms with Gasteiger partial charge in [-0.25, -0.2) is 0 Å². The Balaban J connectivity index is 2.02. The number of ether oxygens (including phenoxy) is 3. The maximum absolute atomic E-state index is 12.6. The van der Waals surface area contributed by atoms with Crippen LogP contribution in [0.3, 0.4) is 0 Å². The second-order valence-corrected chi connectivity index (χ2v) is 7.42. The first kappa shape index (κ1) is 22.8. The highest BCUT2D eigenvalue weighted by Gasteiger charge is 2.17. The number of carbonyl (C=O) groups excluding carboxylic acids is 1. The second kappa shape index (κ2) is 10.4. The van der Waals surface area contributed by atoms with Crippen molar-refractivity contribution in [2.75, 3.05) is 34.9 Å².